The monoisotopic (exact) mass is 280 g/mol. The van der Waals surface area contributed by atoms with Gasteiger partial charge in [-0.1, -0.05) is 0 Å². The van der Waals surface area contributed by atoms with E-state index in [1.54, 1.807) is 18.4 Å². The van der Waals surface area contributed by atoms with Crippen LogP contribution in [0.15, 0.2) is 16.8 Å². The van der Waals surface area contributed by atoms with Gasteiger partial charge in [-0.15, -0.1) is 0 Å². The van der Waals surface area contributed by atoms with Crippen molar-refractivity contribution >= 4 is 17.2 Å². The summed E-state index contributed by atoms with van der Waals surface area (Å²) in [4.78, 5) is 14.1. The van der Waals surface area contributed by atoms with Gasteiger partial charge in [0.2, 0.25) is 5.91 Å². The number of carbonyl (C=O) groups excluding carboxylic acids is 1. The number of amides is 1. The fraction of sp³-hybridized carbons (Fsp3) is 0.643. The molecule has 2 aliphatic rings. The molecule has 3 rings (SSSR count). The van der Waals surface area contributed by atoms with Crippen LogP contribution in [0.25, 0.3) is 0 Å². The van der Waals surface area contributed by atoms with E-state index in [0.717, 1.165) is 19.6 Å². The van der Waals surface area contributed by atoms with Gasteiger partial charge in [0.1, 0.15) is 6.17 Å². The average Bonchev–Trinajstić information content (AvgIpc) is 2.82. The Hall–Kier alpha value is -0.910. The molecule has 1 aliphatic carbocycles. The van der Waals surface area contributed by atoms with E-state index in [0.29, 0.717) is 12.0 Å². The van der Waals surface area contributed by atoms with E-state index >= 15 is 0 Å². The summed E-state index contributed by atoms with van der Waals surface area (Å²) < 4.78 is 5.19. The summed E-state index contributed by atoms with van der Waals surface area (Å²) in [5.74, 6) is 0.222. The van der Waals surface area contributed by atoms with E-state index in [1.807, 2.05) is 4.90 Å². The third kappa shape index (κ3) is 2.68. The van der Waals surface area contributed by atoms with Gasteiger partial charge in [-0.3, -0.25) is 10.1 Å². The van der Waals surface area contributed by atoms with Gasteiger partial charge < -0.3 is 9.64 Å². The molecule has 19 heavy (non-hydrogen) atoms. The molecule has 0 spiro atoms. The number of hydrogen-bond donors (Lipinski definition) is 1. The third-order valence-electron chi connectivity index (χ3n) is 4.24. The highest BCUT2D eigenvalue weighted by atomic mass is 32.1. The van der Waals surface area contributed by atoms with E-state index < -0.39 is 0 Å². The lowest BCUT2D eigenvalue weighted by Gasteiger charge is -2.28. The summed E-state index contributed by atoms with van der Waals surface area (Å²) in [6.45, 7) is 2.11. The molecule has 1 amide bonds. The second-order valence-electron chi connectivity index (χ2n) is 5.60. The van der Waals surface area contributed by atoms with Crippen LogP contribution in [0, 0.1) is 5.41 Å². The number of rotatable bonds is 6. The molecule has 1 aromatic heterocycles. The number of ether oxygens (including phenoxy) is 1. The molecule has 1 N–H and O–H groups in total. The normalized spacial score (nSPS) is 25.0. The van der Waals surface area contributed by atoms with Crippen molar-refractivity contribution < 1.29 is 9.53 Å². The highest BCUT2D eigenvalue weighted by Crippen LogP contribution is 2.50. The molecule has 1 saturated carbocycles. The number of hydrogen-bond acceptors (Lipinski definition) is 4. The highest BCUT2D eigenvalue weighted by molar-refractivity contribution is 7.07. The van der Waals surface area contributed by atoms with Crippen molar-refractivity contribution in [3.63, 3.8) is 0 Å². The van der Waals surface area contributed by atoms with E-state index in [9.17, 15) is 4.79 Å². The van der Waals surface area contributed by atoms with Crippen molar-refractivity contribution in [1.29, 1.82) is 0 Å². The summed E-state index contributed by atoms with van der Waals surface area (Å²) in [6, 6.07) is 2.10. The number of methoxy groups -OCH3 is 1. The molecule has 2 heterocycles. The minimum Gasteiger partial charge on any atom is -0.385 e. The lowest BCUT2D eigenvalue weighted by atomic mass is 10.0. The molecule has 104 valence electrons. The molecule has 0 bridgehead atoms. The summed E-state index contributed by atoms with van der Waals surface area (Å²) in [5, 5.41) is 7.51. The molecule has 1 atom stereocenters. The first-order chi connectivity index (χ1) is 9.24. The molecule has 0 aromatic carbocycles. The van der Waals surface area contributed by atoms with Gasteiger partial charge in [0, 0.05) is 20.3 Å². The minimum absolute atomic E-state index is 0.0683. The van der Waals surface area contributed by atoms with Crippen LogP contribution >= 0.6 is 11.3 Å². The fourth-order valence-electron chi connectivity index (χ4n) is 2.79. The maximum absolute atomic E-state index is 12.1. The summed E-state index contributed by atoms with van der Waals surface area (Å²) in [5.41, 5.74) is 1.52. The van der Waals surface area contributed by atoms with Crippen LogP contribution < -0.4 is 5.32 Å². The molecule has 1 aromatic rings. The van der Waals surface area contributed by atoms with Gasteiger partial charge in [-0.25, -0.2) is 0 Å². The van der Waals surface area contributed by atoms with Crippen LogP contribution in [0.4, 0.5) is 0 Å². The van der Waals surface area contributed by atoms with Crippen molar-refractivity contribution in [2.75, 3.05) is 26.8 Å². The Bertz CT molecular complexity index is 442. The fourth-order valence-corrected chi connectivity index (χ4v) is 3.47. The predicted molar refractivity (Wildman–Crippen MR) is 74.9 cm³/mol. The van der Waals surface area contributed by atoms with Gasteiger partial charge in [-0.05, 0) is 47.1 Å². The van der Waals surface area contributed by atoms with Crippen LogP contribution in [0.5, 0.6) is 0 Å². The van der Waals surface area contributed by atoms with Gasteiger partial charge in [0.15, 0.2) is 0 Å². The molecular formula is C14H20N2O2S. The Kier molecular flexibility index (Phi) is 3.60. The zero-order valence-corrected chi connectivity index (χ0v) is 12.0. The minimum atomic E-state index is 0.0683. The number of thiophene rings is 1. The first-order valence-corrected chi connectivity index (χ1v) is 7.72. The molecule has 5 heteroatoms. The van der Waals surface area contributed by atoms with Crippen LogP contribution in [-0.2, 0) is 9.53 Å². The Balaban J connectivity index is 1.69. The third-order valence-corrected chi connectivity index (χ3v) is 4.94. The predicted octanol–water partition coefficient (Wildman–Crippen LogP) is 2.00. The summed E-state index contributed by atoms with van der Waals surface area (Å²) in [6.07, 6.45) is 3.56. The lowest BCUT2D eigenvalue weighted by molar-refractivity contribution is -0.129. The van der Waals surface area contributed by atoms with Crippen molar-refractivity contribution in [1.82, 2.24) is 10.2 Å². The van der Waals surface area contributed by atoms with E-state index in [-0.39, 0.29) is 12.1 Å². The quantitative estimate of drug-likeness (QED) is 0.866. The SMILES string of the molecule is COCCC1(CN2C(=O)CNC2c2ccsc2)CC1. The number of nitrogens with zero attached hydrogens (tertiary/aromatic N) is 1. The largest absolute Gasteiger partial charge is 0.385 e. The number of carbonyl (C=O) groups is 1. The maximum Gasteiger partial charge on any atom is 0.238 e. The average molecular weight is 280 g/mol. The second kappa shape index (κ2) is 5.23. The van der Waals surface area contributed by atoms with E-state index in [1.165, 1.54) is 18.4 Å². The first kappa shape index (κ1) is 13.1. The van der Waals surface area contributed by atoms with Crippen molar-refractivity contribution in [3.05, 3.63) is 22.4 Å². The zero-order valence-electron chi connectivity index (χ0n) is 11.2. The Morgan fingerprint density at radius 2 is 2.42 bits per heavy atom. The number of nitrogens with one attached hydrogen (secondary N) is 1. The molecule has 4 nitrogen and oxygen atoms in total. The van der Waals surface area contributed by atoms with Crippen LogP contribution in [-0.4, -0.2) is 37.6 Å². The van der Waals surface area contributed by atoms with E-state index in [4.69, 9.17) is 4.74 Å². The van der Waals surface area contributed by atoms with Crippen molar-refractivity contribution in [2.24, 2.45) is 5.41 Å². The van der Waals surface area contributed by atoms with Gasteiger partial charge >= 0.3 is 0 Å². The lowest BCUT2D eigenvalue weighted by Crippen LogP contribution is -2.35. The molecule has 1 saturated heterocycles. The molecule has 1 unspecified atom stereocenters. The Morgan fingerprint density at radius 1 is 1.58 bits per heavy atom. The summed E-state index contributed by atoms with van der Waals surface area (Å²) >= 11 is 1.68. The molecule has 2 fully saturated rings. The topological polar surface area (TPSA) is 41.6 Å². The maximum atomic E-state index is 12.1. The molecule has 1 aliphatic heterocycles. The second-order valence-corrected chi connectivity index (χ2v) is 6.38. The smallest absolute Gasteiger partial charge is 0.238 e. The van der Waals surface area contributed by atoms with Crippen molar-refractivity contribution in [2.45, 2.75) is 25.4 Å². The molecule has 0 radical (unpaired) electrons. The summed E-state index contributed by atoms with van der Waals surface area (Å²) in [7, 11) is 1.74. The van der Waals surface area contributed by atoms with Gasteiger partial charge in [-0.2, -0.15) is 11.3 Å². The van der Waals surface area contributed by atoms with Gasteiger partial charge in [0.05, 0.1) is 6.54 Å². The Morgan fingerprint density at radius 3 is 3.05 bits per heavy atom. The zero-order chi connectivity index (χ0) is 13.3. The highest BCUT2D eigenvalue weighted by Gasteiger charge is 2.46. The van der Waals surface area contributed by atoms with Crippen molar-refractivity contribution in [3.8, 4) is 0 Å². The van der Waals surface area contributed by atoms with Crippen LogP contribution in [0.1, 0.15) is 31.0 Å². The molecular weight excluding hydrogens is 260 g/mol. The standard InChI is InChI=1S/C14H20N2O2S/c1-18-6-5-14(3-4-14)10-16-12(17)8-15-13(16)11-2-7-19-9-11/h2,7,9,13,15H,3-6,8,10H2,1H3. The van der Waals surface area contributed by atoms with E-state index in [2.05, 4.69) is 22.1 Å². The Labute approximate surface area is 117 Å². The first-order valence-electron chi connectivity index (χ1n) is 6.78. The van der Waals surface area contributed by atoms with Gasteiger partial charge in [0.25, 0.3) is 0 Å². The van der Waals surface area contributed by atoms with Crippen LogP contribution in [0.3, 0.4) is 0 Å². The van der Waals surface area contributed by atoms with Crippen LogP contribution in [0.2, 0.25) is 0 Å².